The number of rotatable bonds is 2. The van der Waals surface area contributed by atoms with Gasteiger partial charge in [-0.3, -0.25) is 4.79 Å². The molecule has 16 heavy (non-hydrogen) atoms. The van der Waals surface area contributed by atoms with Crippen LogP contribution in [-0.2, 0) is 0 Å². The van der Waals surface area contributed by atoms with E-state index in [0.717, 1.165) is 35.1 Å². The van der Waals surface area contributed by atoms with E-state index in [1.807, 2.05) is 18.7 Å². The van der Waals surface area contributed by atoms with E-state index in [4.69, 9.17) is 5.73 Å². The second-order valence-corrected chi connectivity index (χ2v) is 5.49. The summed E-state index contributed by atoms with van der Waals surface area (Å²) in [6, 6.07) is 0. The highest BCUT2D eigenvalue weighted by Gasteiger charge is 2.28. The van der Waals surface area contributed by atoms with E-state index in [-0.39, 0.29) is 5.91 Å². The van der Waals surface area contributed by atoms with Gasteiger partial charge in [-0.15, -0.1) is 11.3 Å². The van der Waals surface area contributed by atoms with Gasteiger partial charge in [-0.2, -0.15) is 0 Å². The quantitative estimate of drug-likeness (QED) is 0.843. The van der Waals surface area contributed by atoms with Gasteiger partial charge in [0, 0.05) is 13.1 Å². The molecule has 1 saturated heterocycles. The van der Waals surface area contributed by atoms with Gasteiger partial charge in [-0.05, 0) is 32.7 Å². The maximum Gasteiger partial charge on any atom is 0.265 e. The second-order valence-electron chi connectivity index (χ2n) is 4.29. The predicted octanol–water partition coefficient (Wildman–Crippen LogP) is 1.18. The summed E-state index contributed by atoms with van der Waals surface area (Å²) >= 11 is 1.48. The Balaban J connectivity index is 2.11. The fourth-order valence-electron chi connectivity index (χ4n) is 2.08. The van der Waals surface area contributed by atoms with Crippen molar-refractivity contribution in [1.29, 1.82) is 0 Å². The van der Waals surface area contributed by atoms with Crippen LogP contribution in [0.25, 0.3) is 0 Å². The average molecular weight is 239 g/mol. The number of hydrogen-bond acceptors (Lipinski definition) is 4. The molecule has 0 saturated carbocycles. The highest BCUT2D eigenvalue weighted by molar-refractivity contribution is 7.13. The molecule has 1 aromatic heterocycles. The summed E-state index contributed by atoms with van der Waals surface area (Å²) in [6.45, 7) is 6.13. The Hall–Kier alpha value is -0.940. The highest BCUT2D eigenvalue weighted by atomic mass is 32.1. The Morgan fingerprint density at radius 3 is 2.88 bits per heavy atom. The van der Waals surface area contributed by atoms with Gasteiger partial charge < -0.3 is 10.6 Å². The average Bonchev–Trinajstić information content (AvgIpc) is 2.84. The first kappa shape index (κ1) is 11.5. The topological polar surface area (TPSA) is 59.2 Å². The van der Waals surface area contributed by atoms with E-state index < -0.39 is 0 Å². The number of carbonyl (C=O) groups is 1. The molecule has 1 aliphatic rings. The minimum absolute atomic E-state index is 0.124. The lowest BCUT2D eigenvalue weighted by atomic mass is 10.1. The largest absolute Gasteiger partial charge is 0.338 e. The first-order chi connectivity index (χ1) is 7.61. The molecule has 0 spiro atoms. The van der Waals surface area contributed by atoms with Crippen molar-refractivity contribution in [2.75, 3.05) is 19.6 Å². The zero-order valence-corrected chi connectivity index (χ0v) is 10.5. The first-order valence-corrected chi connectivity index (χ1v) is 6.37. The molecule has 0 aliphatic carbocycles. The van der Waals surface area contributed by atoms with Crippen molar-refractivity contribution in [3.05, 3.63) is 15.6 Å². The Morgan fingerprint density at radius 1 is 1.62 bits per heavy atom. The number of nitrogens with two attached hydrogens (primary N) is 1. The fraction of sp³-hybridized carbons (Fsp3) is 0.636. The van der Waals surface area contributed by atoms with Gasteiger partial charge in [0.2, 0.25) is 0 Å². The van der Waals surface area contributed by atoms with Gasteiger partial charge in [0.25, 0.3) is 5.91 Å². The molecule has 1 amide bonds. The Kier molecular flexibility index (Phi) is 3.25. The van der Waals surface area contributed by atoms with Crippen molar-refractivity contribution < 1.29 is 4.79 Å². The molecule has 1 fully saturated rings. The van der Waals surface area contributed by atoms with Gasteiger partial charge >= 0.3 is 0 Å². The first-order valence-electron chi connectivity index (χ1n) is 5.55. The standard InChI is InChI=1S/C11H17N3OS/c1-7-10(16-8(2)13-7)11(15)14-4-3-9(5-12)6-14/h9H,3-6,12H2,1-2H3. The van der Waals surface area contributed by atoms with Crippen LogP contribution in [0.2, 0.25) is 0 Å². The predicted molar refractivity (Wildman–Crippen MR) is 64.7 cm³/mol. The lowest BCUT2D eigenvalue weighted by Crippen LogP contribution is -2.29. The number of carbonyl (C=O) groups excluding carboxylic acids is 1. The molecule has 88 valence electrons. The molecular weight excluding hydrogens is 222 g/mol. The van der Waals surface area contributed by atoms with Crippen LogP contribution in [0, 0.1) is 19.8 Å². The summed E-state index contributed by atoms with van der Waals surface area (Å²) in [5.74, 6) is 0.595. The van der Waals surface area contributed by atoms with Crippen LogP contribution in [-0.4, -0.2) is 35.4 Å². The van der Waals surface area contributed by atoms with Crippen LogP contribution < -0.4 is 5.73 Å². The summed E-state index contributed by atoms with van der Waals surface area (Å²) in [5, 5.41) is 0.954. The van der Waals surface area contributed by atoms with E-state index in [9.17, 15) is 4.79 Å². The lowest BCUT2D eigenvalue weighted by molar-refractivity contribution is 0.0791. The number of hydrogen-bond donors (Lipinski definition) is 1. The van der Waals surface area contributed by atoms with Crippen LogP contribution in [0.1, 0.15) is 26.8 Å². The van der Waals surface area contributed by atoms with E-state index in [0.29, 0.717) is 12.5 Å². The van der Waals surface area contributed by atoms with Crippen molar-refractivity contribution in [2.45, 2.75) is 20.3 Å². The number of aromatic nitrogens is 1. The van der Waals surface area contributed by atoms with Crippen molar-refractivity contribution >= 4 is 17.2 Å². The fourth-order valence-corrected chi connectivity index (χ4v) is 2.97. The second kappa shape index (κ2) is 4.51. The van der Waals surface area contributed by atoms with Gasteiger partial charge in [0.1, 0.15) is 4.88 Å². The molecule has 0 aromatic carbocycles. The molecule has 2 heterocycles. The third-order valence-electron chi connectivity index (χ3n) is 3.00. The Labute approximate surface area is 99.5 Å². The third-order valence-corrected chi connectivity index (χ3v) is 4.07. The van der Waals surface area contributed by atoms with Crippen LogP contribution in [0.4, 0.5) is 0 Å². The van der Waals surface area contributed by atoms with Crippen LogP contribution in [0.3, 0.4) is 0 Å². The number of amides is 1. The van der Waals surface area contributed by atoms with Crippen molar-refractivity contribution in [3.8, 4) is 0 Å². The lowest BCUT2D eigenvalue weighted by Gasteiger charge is -2.15. The van der Waals surface area contributed by atoms with Crippen LogP contribution >= 0.6 is 11.3 Å². The van der Waals surface area contributed by atoms with E-state index in [1.54, 1.807) is 0 Å². The zero-order chi connectivity index (χ0) is 11.7. The number of nitrogens with zero attached hydrogens (tertiary/aromatic N) is 2. The maximum atomic E-state index is 12.2. The maximum absolute atomic E-state index is 12.2. The van der Waals surface area contributed by atoms with Gasteiger partial charge in [0.05, 0.1) is 10.7 Å². The highest BCUT2D eigenvalue weighted by Crippen LogP contribution is 2.23. The molecule has 0 bridgehead atoms. The SMILES string of the molecule is Cc1nc(C)c(C(=O)N2CCC(CN)C2)s1. The summed E-state index contributed by atoms with van der Waals surface area (Å²) in [4.78, 5) is 19.2. The summed E-state index contributed by atoms with van der Waals surface area (Å²) in [6.07, 6.45) is 1.03. The Bertz CT molecular complexity index is 402. The van der Waals surface area contributed by atoms with Gasteiger partial charge in [0.15, 0.2) is 0 Å². The molecular formula is C11H17N3OS. The number of thiazole rings is 1. The van der Waals surface area contributed by atoms with E-state index in [2.05, 4.69) is 4.98 Å². The normalized spacial score (nSPS) is 20.4. The van der Waals surface area contributed by atoms with E-state index in [1.165, 1.54) is 11.3 Å². The summed E-state index contributed by atoms with van der Waals surface area (Å²) < 4.78 is 0. The monoisotopic (exact) mass is 239 g/mol. The number of aryl methyl sites for hydroxylation is 2. The van der Waals surface area contributed by atoms with Gasteiger partial charge in [-0.25, -0.2) is 4.98 Å². The minimum Gasteiger partial charge on any atom is -0.338 e. The molecule has 1 aromatic rings. The molecule has 4 nitrogen and oxygen atoms in total. The summed E-state index contributed by atoms with van der Waals surface area (Å²) in [7, 11) is 0. The van der Waals surface area contributed by atoms with Crippen molar-refractivity contribution in [2.24, 2.45) is 11.7 Å². The molecule has 1 aliphatic heterocycles. The summed E-state index contributed by atoms with van der Waals surface area (Å²) in [5.41, 5.74) is 6.47. The van der Waals surface area contributed by atoms with Crippen LogP contribution in [0.5, 0.6) is 0 Å². The van der Waals surface area contributed by atoms with Gasteiger partial charge in [-0.1, -0.05) is 0 Å². The van der Waals surface area contributed by atoms with Crippen molar-refractivity contribution in [3.63, 3.8) is 0 Å². The minimum atomic E-state index is 0.124. The third kappa shape index (κ3) is 2.10. The number of likely N-dealkylation sites (tertiary alicyclic amines) is 1. The molecule has 2 N–H and O–H groups in total. The molecule has 1 unspecified atom stereocenters. The smallest absolute Gasteiger partial charge is 0.265 e. The molecule has 5 heteroatoms. The zero-order valence-electron chi connectivity index (χ0n) is 9.69. The van der Waals surface area contributed by atoms with E-state index >= 15 is 0 Å². The van der Waals surface area contributed by atoms with Crippen LogP contribution in [0.15, 0.2) is 0 Å². The Morgan fingerprint density at radius 2 is 2.38 bits per heavy atom. The molecule has 2 rings (SSSR count). The molecule has 0 radical (unpaired) electrons. The molecule has 1 atom stereocenters. The van der Waals surface area contributed by atoms with Crippen molar-refractivity contribution in [1.82, 2.24) is 9.88 Å².